The Morgan fingerprint density at radius 3 is 2.50 bits per heavy atom. The normalized spacial score (nSPS) is 17.6. The number of aryl methyl sites for hydroxylation is 1. The Labute approximate surface area is 130 Å². The summed E-state index contributed by atoms with van der Waals surface area (Å²) in [6.45, 7) is 6.03. The molecular formula is C14H23N3O4S. The van der Waals surface area contributed by atoms with E-state index in [9.17, 15) is 13.2 Å². The summed E-state index contributed by atoms with van der Waals surface area (Å²) < 4.78 is 32.1. The lowest BCUT2D eigenvalue weighted by Gasteiger charge is -2.29. The third-order valence-electron chi connectivity index (χ3n) is 3.94. The third-order valence-corrected chi connectivity index (χ3v) is 6.12. The van der Waals surface area contributed by atoms with Crippen molar-refractivity contribution in [3.8, 4) is 0 Å². The van der Waals surface area contributed by atoms with Gasteiger partial charge in [-0.3, -0.25) is 0 Å². The van der Waals surface area contributed by atoms with E-state index in [1.807, 2.05) is 0 Å². The van der Waals surface area contributed by atoms with E-state index in [1.165, 1.54) is 4.31 Å². The molecule has 8 heteroatoms. The number of esters is 1. The first-order valence-corrected chi connectivity index (χ1v) is 8.85. The highest BCUT2D eigenvalue weighted by Crippen LogP contribution is 2.28. The molecule has 124 valence electrons. The van der Waals surface area contributed by atoms with Gasteiger partial charge in [0.15, 0.2) is 0 Å². The fourth-order valence-corrected chi connectivity index (χ4v) is 4.65. The SMILES string of the molecule is CCOC(=O)c1[nH]c(C)c(S(=O)(=O)N2CCC(N)CC2)c1C. The molecule has 0 saturated carbocycles. The molecule has 0 spiro atoms. The molecule has 1 aliphatic rings. The molecule has 2 rings (SSSR count). The number of piperidine rings is 1. The molecule has 0 bridgehead atoms. The van der Waals surface area contributed by atoms with Gasteiger partial charge in [-0.2, -0.15) is 4.31 Å². The first-order valence-electron chi connectivity index (χ1n) is 7.41. The van der Waals surface area contributed by atoms with Crippen molar-refractivity contribution in [2.75, 3.05) is 19.7 Å². The number of rotatable bonds is 4. The number of nitrogens with one attached hydrogen (secondary N) is 1. The molecular weight excluding hydrogens is 306 g/mol. The van der Waals surface area contributed by atoms with E-state index >= 15 is 0 Å². The number of hydrogen-bond donors (Lipinski definition) is 2. The number of H-pyrrole nitrogens is 1. The first kappa shape index (κ1) is 17.0. The monoisotopic (exact) mass is 329 g/mol. The van der Waals surface area contributed by atoms with E-state index in [2.05, 4.69) is 4.98 Å². The summed E-state index contributed by atoms with van der Waals surface area (Å²) in [5.74, 6) is -0.537. The molecule has 0 radical (unpaired) electrons. The molecule has 1 aliphatic heterocycles. The number of ether oxygens (including phenoxy) is 1. The van der Waals surface area contributed by atoms with Crippen LogP contribution in [0.15, 0.2) is 4.90 Å². The summed E-state index contributed by atoms with van der Waals surface area (Å²) in [5.41, 5.74) is 6.89. The number of aromatic nitrogens is 1. The summed E-state index contributed by atoms with van der Waals surface area (Å²) in [6.07, 6.45) is 1.29. The maximum absolute atomic E-state index is 12.8. The van der Waals surface area contributed by atoms with Crippen LogP contribution in [0.2, 0.25) is 0 Å². The van der Waals surface area contributed by atoms with Gasteiger partial charge in [0.1, 0.15) is 10.6 Å². The number of nitrogens with zero attached hydrogens (tertiary/aromatic N) is 1. The van der Waals surface area contributed by atoms with Crippen molar-refractivity contribution in [2.45, 2.75) is 44.6 Å². The molecule has 3 N–H and O–H groups in total. The average molecular weight is 329 g/mol. The predicted molar refractivity (Wildman–Crippen MR) is 82.2 cm³/mol. The van der Waals surface area contributed by atoms with Crippen LogP contribution in [0, 0.1) is 13.8 Å². The number of sulfonamides is 1. The number of carbonyl (C=O) groups is 1. The summed E-state index contributed by atoms with van der Waals surface area (Å²) in [6, 6.07) is 0.0509. The van der Waals surface area contributed by atoms with Crippen LogP contribution in [0.3, 0.4) is 0 Å². The van der Waals surface area contributed by atoms with Crippen LogP contribution in [0.4, 0.5) is 0 Å². The molecule has 0 amide bonds. The average Bonchev–Trinajstić information content (AvgIpc) is 2.75. The highest BCUT2D eigenvalue weighted by Gasteiger charge is 2.33. The van der Waals surface area contributed by atoms with Crippen molar-refractivity contribution in [2.24, 2.45) is 5.73 Å². The van der Waals surface area contributed by atoms with E-state index < -0.39 is 16.0 Å². The molecule has 1 saturated heterocycles. The van der Waals surface area contributed by atoms with Crippen LogP contribution < -0.4 is 5.73 Å². The molecule has 1 fully saturated rings. The Morgan fingerprint density at radius 1 is 1.36 bits per heavy atom. The van der Waals surface area contributed by atoms with Crippen molar-refractivity contribution in [3.63, 3.8) is 0 Å². The van der Waals surface area contributed by atoms with Crippen LogP contribution in [-0.2, 0) is 14.8 Å². The molecule has 7 nitrogen and oxygen atoms in total. The Morgan fingerprint density at radius 2 is 1.95 bits per heavy atom. The van der Waals surface area contributed by atoms with Crippen LogP contribution in [0.25, 0.3) is 0 Å². The van der Waals surface area contributed by atoms with Crippen LogP contribution in [0.5, 0.6) is 0 Å². The number of hydrogen-bond acceptors (Lipinski definition) is 5. The maximum Gasteiger partial charge on any atom is 0.355 e. The topological polar surface area (TPSA) is 105 Å². The lowest BCUT2D eigenvalue weighted by atomic mass is 10.1. The van der Waals surface area contributed by atoms with Crippen molar-refractivity contribution in [1.29, 1.82) is 0 Å². The van der Waals surface area contributed by atoms with Crippen molar-refractivity contribution >= 4 is 16.0 Å². The van der Waals surface area contributed by atoms with Gasteiger partial charge < -0.3 is 15.5 Å². The highest BCUT2D eigenvalue weighted by atomic mass is 32.2. The lowest BCUT2D eigenvalue weighted by Crippen LogP contribution is -2.43. The Kier molecular flexibility index (Phi) is 4.93. The van der Waals surface area contributed by atoms with Gasteiger partial charge in [-0.15, -0.1) is 0 Å². The first-order chi connectivity index (χ1) is 10.3. The van der Waals surface area contributed by atoms with Crippen LogP contribution in [0.1, 0.15) is 41.5 Å². The molecule has 1 aromatic heterocycles. The Bertz CT molecular complexity index is 658. The molecule has 0 aliphatic carbocycles. The summed E-state index contributed by atoms with van der Waals surface area (Å²) >= 11 is 0. The number of carbonyl (C=O) groups excluding carboxylic acids is 1. The van der Waals surface area contributed by atoms with Crippen molar-refractivity contribution in [1.82, 2.24) is 9.29 Å². The summed E-state index contributed by atoms with van der Waals surface area (Å²) in [5, 5.41) is 0. The number of nitrogens with two attached hydrogens (primary N) is 1. The Balaban J connectivity index is 2.37. The van der Waals surface area contributed by atoms with Gasteiger partial charge in [-0.25, -0.2) is 13.2 Å². The molecule has 1 aromatic rings. The largest absolute Gasteiger partial charge is 0.461 e. The quantitative estimate of drug-likeness (QED) is 0.799. The van der Waals surface area contributed by atoms with E-state index in [0.717, 1.165) is 0 Å². The predicted octanol–water partition coefficient (Wildman–Crippen LogP) is 0.920. The third kappa shape index (κ3) is 3.04. The second-order valence-electron chi connectivity index (χ2n) is 5.54. The Hall–Kier alpha value is -1.38. The van der Waals surface area contributed by atoms with E-state index in [-0.39, 0.29) is 23.2 Å². The van der Waals surface area contributed by atoms with E-state index in [0.29, 0.717) is 37.2 Å². The van der Waals surface area contributed by atoms with Gasteiger partial charge in [0.2, 0.25) is 10.0 Å². The lowest BCUT2D eigenvalue weighted by molar-refractivity contribution is 0.0519. The molecule has 0 atom stereocenters. The fourth-order valence-electron chi connectivity index (χ4n) is 2.77. The molecule has 22 heavy (non-hydrogen) atoms. The molecule has 2 heterocycles. The minimum absolute atomic E-state index is 0.0509. The zero-order valence-electron chi connectivity index (χ0n) is 13.2. The van der Waals surface area contributed by atoms with Crippen molar-refractivity contribution < 1.29 is 17.9 Å². The minimum atomic E-state index is -3.64. The van der Waals surface area contributed by atoms with Gasteiger partial charge in [-0.1, -0.05) is 0 Å². The molecule has 0 unspecified atom stereocenters. The number of aromatic amines is 1. The van der Waals surface area contributed by atoms with E-state index in [4.69, 9.17) is 10.5 Å². The van der Waals surface area contributed by atoms with Gasteiger partial charge in [0.25, 0.3) is 0 Å². The smallest absolute Gasteiger partial charge is 0.355 e. The van der Waals surface area contributed by atoms with Gasteiger partial charge in [0, 0.05) is 30.4 Å². The fraction of sp³-hybridized carbons (Fsp3) is 0.643. The maximum atomic E-state index is 12.8. The van der Waals surface area contributed by atoms with Gasteiger partial charge in [0.05, 0.1) is 6.61 Å². The van der Waals surface area contributed by atoms with Crippen molar-refractivity contribution in [3.05, 3.63) is 17.0 Å². The van der Waals surface area contributed by atoms with E-state index in [1.54, 1.807) is 20.8 Å². The minimum Gasteiger partial charge on any atom is -0.461 e. The zero-order chi connectivity index (χ0) is 16.5. The van der Waals surface area contributed by atoms with Gasteiger partial charge in [-0.05, 0) is 33.6 Å². The zero-order valence-corrected chi connectivity index (χ0v) is 14.0. The second-order valence-corrected chi connectivity index (χ2v) is 7.42. The summed E-state index contributed by atoms with van der Waals surface area (Å²) in [7, 11) is -3.64. The van der Waals surface area contributed by atoms with Crippen LogP contribution >= 0.6 is 0 Å². The standard InChI is InChI=1S/C14H23N3O4S/c1-4-21-14(18)12-9(2)13(10(3)16-12)22(19,20)17-7-5-11(15)6-8-17/h11,16H,4-8,15H2,1-3H3. The van der Waals surface area contributed by atoms with Crippen LogP contribution in [-0.4, -0.2) is 49.4 Å². The summed E-state index contributed by atoms with van der Waals surface area (Å²) in [4.78, 5) is 14.9. The second kappa shape index (κ2) is 6.39. The van der Waals surface area contributed by atoms with Gasteiger partial charge >= 0.3 is 5.97 Å². The molecule has 0 aromatic carbocycles. The highest BCUT2D eigenvalue weighted by molar-refractivity contribution is 7.89.